The lowest BCUT2D eigenvalue weighted by Crippen LogP contribution is -2.48. The van der Waals surface area contributed by atoms with E-state index < -0.39 is 11.8 Å². The number of hydrogen-bond donors (Lipinski definition) is 3. The third-order valence-electron chi connectivity index (χ3n) is 2.63. The number of halogens is 2. The van der Waals surface area contributed by atoms with E-state index in [0.717, 1.165) is 0 Å². The number of thiocarbonyl (C=S) groups is 1. The van der Waals surface area contributed by atoms with Gasteiger partial charge in [-0.25, -0.2) is 0 Å². The van der Waals surface area contributed by atoms with Crippen LogP contribution >= 0.6 is 39.7 Å². The van der Waals surface area contributed by atoms with E-state index >= 15 is 0 Å². The van der Waals surface area contributed by atoms with Crippen molar-refractivity contribution in [2.75, 3.05) is 0 Å². The second-order valence-electron chi connectivity index (χ2n) is 4.22. The van der Waals surface area contributed by atoms with Crippen LogP contribution in [0.15, 0.2) is 47.2 Å². The number of hydrazine groups is 1. The number of nitrogens with zero attached hydrogens (tertiary/aromatic N) is 1. The van der Waals surface area contributed by atoms with Gasteiger partial charge in [0.2, 0.25) is 0 Å². The van der Waals surface area contributed by atoms with Crippen LogP contribution in [0.5, 0.6) is 0 Å². The molecule has 0 radical (unpaired) electrons. The van der Waals surface area contributed by atoms with Gasteiger partial charge in [-0.15, -0.1) is 0 Å². The molecule has 1 aromatic heterocycles. The van der Waals surface area contributed by atoms with Crippen molar-refractivity contribution in [2.45, 2.75) is 0 Å². The number of carbonyl (C=O) groups excluding carboxylic acids is 2. The highest BCUT2D eigenvalue weighted by atomic mass is 79.9. The zero-order valence-corrected chi connectivity index (χ0v) is 14.6. The monoisotopic (exact) mass is 412 g/mol. The molecule has 0 saturated heterocycles. The third-order valence-corrected chi connectivity index (χ3v) is 3.66. The second-order valence-corrected chi connectivity index (χ2v) is 5.95. The number of pyridine rings is 1. The van der Waals surface area contributed by atoms with Gasteiger partial charge in [0, 0.05) is 22.4 Å². The van der Waals surface area contributed by atoms with Crippen LogP contribution < -0.4 is 16.2 Å². The van der Waals surface area contributed by atoms with Crippen LogP contribution in [0, 0.1) is 0 Å². The lowest BCUT2D eigenvalue weighted by molar-refractivity contribution is 0.0934. The molecule has 0 aliphatic rings. The summed E-state index contributed by atoms with van der Waals surface area (Å²) in [6.45, 7) is 0. The average Bonchev–Trinajstić information content (AvgIpc) is 2.55. The summed E-state index contributed by atoms with van der Waals surface area (Å²) in [5, 5.41) is 2.64. The molecule has 1 heterocycles. The summed E-state index contributed by atoms with van der Waals surface area (Å²) in [7, 11) is 0. The molecule has 3 N–H and O–H groups in total. The minimum Gasteiger partial charge on any atom is -0.298 e. The largest absolute Gasteiger partial charge is 0.298 e. The van der Waals surface area contributed by atoms with Crippen molar-refractivity contribution >= 4 is 56.7 Å². The average molecular weight is 414 g/mol. The van der Waals surface area contributed by atoms with Crippen LogP contribution in [-0.2, 0) is 0 Å². The molecule has 2 amide bonds. The molecule has 1 aromatic carbocycles. The maximum atomic E-state index is 12.1. The molecular formula is C14H10BrClN4O2S. The molecule has 0 unspecified atom stereocenters. The predicted octanol–water partition coefficient (Wildman–Crippen LogP) is 2.45. The van der Waals surface area contributed by atoms with E-state index in [-0.39, 0.29) is 15.7 Å². The Morgan fingerprint density at radius 2 is 1.78 bits per heavy atom. The summed E-state index contributed by atoms with van der Waals surface area (Å²) in [5.41, 5.74) is 5.46. The molecule has 0 aliphatic carbocycles. The Bertz CT molecular complexity index is 758. The van der Waals surface area contributed by atoms with Gasteiger partial charge in [-0.3, -0.25) is 30.7 Å². The molecule has 0 saturated carbocycles. The van der Waals surface area contributed by atoms with Crippen molar-refractivity contribution in [3.63, 3.8) is 0 Å². The van der Waals surface area contributed by atoms with Gasteiger partial charge < -0.3 is 0 Å². The highest BCUT2D eigenvalue weighted by molar-refractivity contribution is 9.10. The van der Waals surface area contributed by atoms with Crippen molar-refractivity contribution in [3.05, 3.63) is 63.3 Å². The van der Waals surface area contributed by atoms with Gasteiger partial charge in [0.05, 0.1) is 10.6 Å². The molecule has 0 aliphatic heterocycles. The molecule has 0 fully saturated rings. The Kier molecular flexibility index (Phi) is 6.03. The number of nitrogens with one attached hydrogen (secondary N) is 3. The second kappa shape index (κ2) is 8.00. The number of carbonyl (C=O) groups is 2. The smallest absolute Gasteiger partial charge is 0.269 e. The minimum absolute atomic E-state index is 0.0616. The highest BCUT2D eigenvalue weighted by Crippen LogP contribution is 2.20. The number of benzene rings is 1. The SMILES string of the molecule is O=C(NNC(=S)NC(=O)c1cc(Br)ccc1Cl)c1ccncc1. The number of amides is 2. The Hall–Kier alpha value is -2.03. The fourth-order valence-corrected chi connectivity index (χ4v) is 2.27. The fourth-order valence-electron chi connectivity index (χ4n) is 1.56. The van der Waals surface area contributed by atoms with E-state index in [1.807, 2.05) is 0 Å². The first-order valence-corrected chi connectivity index (χ1v) is 7.82. The van der Waals surface area contributed by atoms with Crippen LogP contribution in [-0.4, -0.2) is 21.9 Å². The maximum Gasteiger partial charge on any atom is 0.269 e. The molecule has 0 spiro atoms. The molecule has 0 bridgehead atoms. The van der Waals surface area contributed by atoms with Crippen molar-refractivity contribution in [3.8, 4) is 0 Å². The van der Waals surface area contributed by atoms with Gasteiger partial charge in [-0.2, -0.15) is 0 Å². The van der Waals surface area contributed by atoms with Gasteiger partial charge in [-0.1, -0.05) is 27.5 Å². The highest BCUT2D eigenvalue weighted by Gasteiger charge is 2.13. The molecule has 0 atom stereocenters. The number of rotatable bonds is 2. The van der Waals surface area contributed by atoms with Crippen molar-refractivity contribution < 1.29 is 9.59 Å². The van der Waals surface area contributed by atoms with Crippen LogP contribution in [0.3, 0.4) is 0 Å². The van der Waals surface area contributed by atoms with E-state index in [9.17, 15) is 9.59 Å². The van der Waals surface area contributed by atoms with Crippen LogP contribution in [0.25, 0.3) is 0 Å². The summed E-state index contributed by atoms with van der Waals surface area (Å²) in [6.07, 6.45) is 2.98. The number of hydrogen-bond acceptors (Lipinski definition) is 4. The first-order chi connectivity index (χ1) is 11.0. The summed E-state index contributed by atoms with van der Waals surface area (Å²) in [4.78, 5) is 27.7. The molecule has 2 aromatic rings. The minimum atomic E-state index is -0.494. The van der Waals surface area contributed by atoms with E-state index in [1.54, 1.807) is 30.3 Å². The molecular weight excluding hydrogens is 404 g/mol. The lowest BCUT2D eigenvalue weighted by Gasteiger charge is -2.11. The topological polar surface area (TPSA) is 83.1 Å². The summed E-state index contributed by atoms with van der Waals surface area (Å²) < 4.78 is 0.705. The Morgan fingerprint density at radius 3 is 2.48 bits per heavy atom. The number of aromatic nitrogens is 1. The van der Waals surface area contributed by atoms with Crippen LogP contribution in [0.2, 0.25) is 5.02 Å². The van der Waals surface area contributed by atoms with Crippen LogP contribution in [0.4, 0.5) is 0 Å². The van der Waals surface area contributed by atoms with Gasteiger partial charge in [0.25, 0.3) is 11.8 Å². The maximum absolute atomic E-state index is 12.1. The van der Waals surface area contributed by atoms with E-state index in [0.29, 0.717) is 10.0 Å². The molecule has 23 heavy (non-hydrogen) atoms. The van der Waals surface area contributed by atoms with Crippen molar-refractivity contribution in [1.29, 1.82) is 0 Å². The molecule has 6 nitrogen and oxygen atoms in total. The van der Waals surface area contributed by atoms with E-state index in [1.165, 1.54) is 12.4 Å². The predicted molar refractivity (Wildman–Crippen MR) is 94.1 cm³/mol. The van der Waals surface area contributed by atoms with E-state index in [4.69, 9.17) is 23.8 Å². The van der Waals surface area contributed by atoms with Crippen molar-refractivity contribution in [2.24, 2.45) is 0 Å². The molecule has 118 valence electrons. The molecule has 9 heteroatoms. The Morgan fingerprint density at radius 1 is 1.09 bits per heavy atom. The van der Waals surface area contributed by atoms with Gasteiger partial charge in [0.1, 0.15) is 0 Å². The third kappa shape index (κ3) is 4.98. The summed E-state index contributed by atoms with van der Waals surface area (Å²) >= 11 is 14.2. The Balaban J connectivity index is 1.91. The normalized spacial score (nSPS) is 9.83. The lowest BCUT2D eigenvalue weighted by atomic mass is 10.2. The first-order valence-electron chi connectivity index (χ1n) is 6.24. The molecule has 2 rings (SSSR count). The van der Waals surface area contributed by atoms with Crippen molar-refractivity contribution in [1.82, 2.24) is 21.2 Å². The van der Waals surface area contributed by atoms with Gasteiger partial charge >= 0.3 is 0 Å². The van der Waals surface area contributed by atoms with E-state index in [2.05, 4.69) is 37.1 Å². The van der Waals surface area contributed by atoms with Gasteiger partial charge in [0.15, 0.2) is 5.11 Å². The standard InChI is InChI=1S/C14H10BrClN4O2S/c15-9-1-2-11(16)10(7-9)13(22)18-14(23)20-19-12(21)8-3-5-17-6-4-8/h1-7H,(H,19,21)(H2,18,20,22,23). The quantitative estimate of drug-likeness (QED) is 0.520. The Labute approximate surface area is 150 Å². The summed E-state index contributed by atoms with van der Waals surface area (Å²) in [5.74, 6) is -0.906. The first kappa shape index (κ1) is 17.3. The zero-order chi connectivity index (χ0) is 16.8. The fraction of sp³-hybridized carbons (Fsp3) is 0. The van der Waals surface area contributed by atoms with Gasteiger partial charge in [-0.05, 0) is 42.5 Å². The van der Waals surface area contributed by atoms with Crippen LogP contribution in [0.1, 0.15) is 20.7 Å². The summed E-state index contributed by atoms with van der Waals surface area (Å²) in [6, 6.07) is 7.95. The zero-order valence-electron chi connectivity index (χ0n) is 11.5.